The highest BCUT2D eigenvalue weighted by atomic mass is 32.1. The minimum absolute atomic E-state index is 0.00521. The molecular formula is C27H31N5O3S. The molecule has 3 aromatic rings. The number of ketones is 1. The normalized spacial score (nSPS) is 17.6. The van der Waals surface area contributed by atoms with Crippen molar-refractivity contribution in [3.8, 4) is 10.6 Å². The number of nitrogens with one attached hydrogen (secondary N) is 1. The van der Waals surface area contributed by atoms with Crippen molar-refractivity contribution in [2.24, 2.45) is 0 Å². The zero-order valence-corrected chi connectivity index (χ0v) is 21.5. The first kappa shape index (κ1) is 24.7. The Balaban J connectivity index is 1.31. The van der Waals surface area contributed by atoms with Crippen molar-refractivity contribution in [3.05, 3.63) is 64.7 Å². The second-order valence-corrected chi connectivity index (χ2v) is 10.6. The lowest BCUT2D eigenvalue weighted by Gasteiger charge is -2.37. The van der Waals surface area contributed by atoms with Gasteiger partial charge >= 0.3 is 0 Å². The fourth-order valence-electron chi connectivity index (χ4n) is 4.69. The highest BCUT2D eigenvalue weighted by molar-refractivity contribution is 7.14. The largest absolute Gasteiger partial charge is 0.380 e. The van der Waals surface area contributed by atoms with Crippen LogP contribution >= 0.6 is 11.3 Å². The van der Waals surface area contributed by atoms with Crippen LogP contribution in [0.4, 0.5) is 5.69 Å². The molecule has 0 atom stereocenters. The molecule has 8 nitrogen and oxygen atoms in total. The maximum atomic E-state index is 13.4. The third-order valence-corrected chi connectivity index (χ3v) is 8.01. The van der Waals surface area contributed by atoms with E-state index in [1.54, 1.807) is 19.2 Å². The van der Waals surface area contributed by atoms with Crippen LogP contribution in [0.25, 0.3) is 10.6 Å². The van der Waals surface area contributed by atoms with Crippen molar-refractivity contribution in [1.82, 2.24) is 20.0 Å². The summed E-state index contributed by atoms with van der Waals surface area (Å²) in [5.41, 5.74) is 2.56. The zero-order valence-electron chi connectivity index (χ0n) is 20.7. The molecular weight excluding hydrogens is 474 g/mol. The number of rotatable bonds is 9. The molecule has 1 aliphatic heterocycles. The molecule has 188 valence electrons. The smallest absolute Gasteiger partial charge is 0.244 e. The van der Waals surface area contributed by atoms with Gasteiger partial charge in [-0.15, -0.1) is 10.2 Å². The van der Waals surface area contributed by atoms with Gasteiger partial charge in [0.15, 0.2) is 5.78 Å². The van der Waals surface area contributed by atoms with Gasteiger partial charge in [-0.2, -0.15) is 0 Å². The number of hydrogen-bond donors (Lipinski definition) is 1. The highest BCUT2D eigenvalue weighted by Crippen LogP contribution is 2.43. The van der Waals surface area contributed by atoms with E-state index in [0.717, 1.165) is 55.2 Å². The van der Waals surface area contributed by atoms with E-state index in [9.17, 15) is 9.59 Å². The average Bonchev–Trinajstić information content (AvgIpc) is 3.58. The van der Waals surface area contributed by atoms with Gasteiger partial charge in [0.1, 0.15) is 15.6 Å². The van der Waals surface area contributed by atoms with Crippen LogP contribution in [0.3, 0.4) is 0 Å². The molecule has 0 bridgehead atoms. The number of anilines is 1. The van der Waals surface area contributed by atoms with E-state index in [0.29, 0.717) is 22.9 Å². The molecule has 2 aromatic carbocycles. The Hall–Kier alpha value is -2.98. The van der Waals surface area contributed by atoms with Gasteiger partial charge in [-0.3, -0.25) is 14.5 Å². The predicted octanol–water partition coefficient (Wildman–Crippen LogP) is 3.50. The number of aromatic nitrogens is 2. The lowest BCUT2D eigenvalue weighted by Crippen LogP contribution is -2.54. The number of amides is 1. The lowest BCUT2D eigenvalue weighted by atomic mass is 10.0. The van der Waals surface area contributed by atoms with Gasteiger partial charge in [-0.1, -0.05) is 53.8 Å². The van der Waals surface area contributed by atoms with Gasteiger partial charge in [-0.05, 0) is 26.0 Å². The fraction of sp³-hybridized carbons (Fsp3) is 0.407. The van der Waals surface area contributed by atoms with Crippen molar-refractivity contribution in [2.75, 3.05) is 45.7 Å². The monoisotopic (exact) mass is 505 g/mol. The molecule has 1 saturated carbocycles. The van der Waals surface area contributed by atoms with E-state index in [2.05, 4.69) is 32.4 Å². The number of likely N-dealkylation sites (N-methyl/N-ethyl adjacent to an activating group) is 1. The summed E-state index contributed by atoms with van der Waals surface area (Å²) in [5.74, 6) is -0.0592. The summed E-state index contributed by atoms with van der Waals surface area (Å²) < 4.78 is 5.35. The second kappa shape index (κ2) is 10.6. The van der Waals surface area contributed by atoms with Crippen molar-refractivity contribution < 1.29 is 14.3 Å². The number of ether oxygens (including phenoxy) is 1. The SMILES string of the molecule is COCc1ccc(C(=O)Cc2nnc(-c3ccccc3)s2)cc1NC(=O)C1(N2CCN(C)CC2)CC1. The number of Topliss-reactive ketones (excluding diaryl/α,β-unsaturated/α-hetero) is 1. The van der Waals surface area contributed by atoms with E-state index >= 15 is 0 Å². The Bertz CT molecular complexity index is 1230. The molecule has 5 rings (SSSR count). The molecule has 9 heteroatoms. The average molecular weight is 506 g/mol. The first-order chi connectivity index (χ1) is 17.5. The van der Waals surface area contributed by atoms with E-state index in [-0.39, 0.29) is 18.1 Å². The standard InChI is InChI=1S/C27H31N5O3S/c1-31-12-14-32(15-13-31)27(10-11-27)26(34)28-22-16-20(8-9-21(22)18-35-2)23(33)17-24-29-30-25(36-24)19-6-4-3-5-7-19/h3-9,16H,10-15,17-18H2,1-2H3,(H,28,34). The van der Waals surface area contributed by atoms with Crippen LogP contribution in [0.2, 0.25) is 0 Å². The van der Waals surface area contributed by atoms with Crippen molar-refractivity contribution in [2.45, 2.75) is 31.4 Å². The van der Waals surface area contributed by atoms with E-state index in [1.165, 1.54) is 11.3 Å². The van der Waals surface area contributed by atoms with Gasteiger partial charge in [0.05, 0.1) is 13.0 Å². The van der Waals surface area contributed by atoms with Crippen LogP contribution in [0, 0.1) is 0 Å². The number of nitrogens with zero attached hydrogens (tertiary/aromatic N) is 4. The molecule has 1 saturated heterocycles. The van der Waals surface area contributed by atoms with Crippen LogP contribution in [0.15, 0.2) is 48.5 Å². The van der Waals surface area contributed by atoms with E-state index < -0.39 is 5.54 Å². The van der Waals surface area contributed by atoms with E-state index in [4.69, 9.17) is 4.74 Å². The number of piperazine rings is 1. The molecule has 1 aliphatic carbocycles. The predicted molar refractivity (Wildman–Crippen MR) is 140 cm³/mol. The van der Waals surface area contributed by atoms with Crippen LogP contribution in [-0.2, 0) is 22.6 Å². The Morgan fingerprint density at radius 2 is 1.81 bits per heavy atom. The van der Waals surface area contributed by atoms with Crippen LogP contribution in [0.5, 0.6) is 0 Å². The third kappa shape index (κ3) is 5.24. The number of hydrogen-bond acceptors (Lipinski definition) is 8. The topological polar surface area (TPSA) is 87.7 Å². The minimum Gasteiger partial charge on any atom is -0.380 e. The molecule has 2 aliphatic rings. The number of carbonyl (C=O) groups is 2. The van der Waals surface area contributed by atoms with Crippen molar-refractivity contribution >= 4 is 28.7 Å². The Kier molecular flexibility index (Phi) is 7.25. The summed E-state index contributed by atoms with van der Waals surface area (Å²) in [4.78, 5) is 31.2. The van der Waals surface area contributed by atoms with Crippen molar-refractivity contribution in [3.63, 3.8) is 0 Å². The lowest BCUT2D eigenvalue weighted by molar-refractivity contribution is -0.123. The zero-order chi connectivity index (χ0) is 25.1. The maximum absolute atomic E-state index is 13.4. The summed E-state index contributed by atoms with van der Waals surface area (Å²) in [6.07, 6.45) is 1.88. The van der Waals surface area contributed by atoms with Gasteiger partial charge in [0, 0.05) is 55.7 Å². The molecule has 1 aromatic heterocycles. The van der Waals surface area contributed by atoms with E-state index in [1.807, 2.05) is 36.4 Å². The molecule has 0 spiro atoms. The second-order valence-electron chi connectivity index (χ2n) is 9.55. The quantitative estimate of drug-likeness (QED) is 0.446. The molecule has 2 heterocycles. The van der Waals surface area contributed by atoms with Crippen LogP contribution in [0.1, 0.15) is 33.8 Å². The van der Waals surface area contributed by atoms with Crippen LogP contribution in [-0.4, -0.2) is 77.6 Å². The summed E-state index contributed by atoms with van der Waals surface area (Å²) >= 11 is 1.42. The number of methoxy groups -OCH3 is 1. The molecule has 1 amide bonds. The van der Waals surface area contributed by atoms with Gasteiger partial charge in [-0.25, -0.2) is 0 Å². The highest BCUT2D eigenvalue weighted by Gasteiger charge is 2.54. The number of carbonyl (C=O) groups excluding carboxylic acids is 2. The first-order valence-corrected chi connectivity index (χ1v) is 13.1. The molecule has 36 heavy (non-hydrogen) atoms. The Morgan fingerprint density at radius 3 is 2.50 bits per heavy atom. The third-order valence-electron chi connectivity index (χ3n) is 7.03. The molecule has 1 N–H and O–H groups in total. The Labute approximate surface area is 215 Å². The van der Waals surface area contributed by atoms with Gasteiger partial charge in [0.2, 0.25) is 5.91 Å². The molecule has 0 unspecified atom stereocenters. The summed E-state index contributed by atoms with van der Waals surface area (Å²) in [5, 5.41) is 13.1. The van der Waals surface area contributed by atoms with Gasteiger partial charge < -0.3 is 15.0 Å². The summed E-state index contributed by atoms with van der Waals surface area (Å²) in [7, 11) is 3.73. The fourth-order valence-corrected chi connectivity index (χ4v) is 5.53. The van der Waals surface area contributed by atoms with Crippen LogP contribution < -0.4 is 5.32 Å². The van der Waals surface area contributed by atoms with Gasteiger partial charge in [0.25, 0.3) is 0 Å². The van der Waals surface area contributed by atoms with Crippen molar-refractivity contribution in [1.29, 1.82) is 0 Å². The Morgan fingerprint density at radius 1 is 1.06 bits per heavy atom. The summed E-state index contributed by atoms with van der Waals surface area (Å²) in [6, 6.07) is 15.2. The molecule has 0 radical (unpaired) electrons. The summed E-state index contributed by atoms with van der Waals surface area (Å²) in [6.45, 7) is 4.06. The first-order valence-electron chi connectivity index (χ1n) is 12.3. The minimum atomic E-state index is -0.438. The molecule has 2 fully saturated rings. The number of benzene rings is 2. The maximum Gasteiger partial charge on any atom is 0.244 e.